The van der Waals surface area contributed by atoms with Crippen LogP contribution < -0.4 is 0 Å². The molecule has 0 atom stereocenters. The molecule has 5 heteroatoms. The molecule has 0 radical (unpaired) electrons. The zero-order valence-corrected chi connectivity index (χ0v) is 9.36. The van der Waals surface area contributed by atoms with Crippen molar-refractivity contribution in [2.45, 2.75) is 6.92 Å². The number of ether oxygens (including phenoxy) is 1. The van der Waals surface area contributed by atoms with Crippen LogP contribution in [0.15, 0.2) is 28.8 Å². The van der Waals surface area contributed by atoms with E-state index in [0.717, 1.165) is 0 Å². The third-order valence-electron chi connectivity index (χ3n) is 2.35. The van der Waals surface area contributed by atoms with Gasteiger partial charge in [0.2, 0.25) is 0 Å². The molecular weight excluding hydrogens is 225 g/mol. The molecule has 0 N–H and O–H groups in total. The Bertz CT molecular complexity index is 563. The van der Waals surface area contributed by atoms with Gasteiger partial charge < -0.3 is 9.26 Å². The first-order chi connectivity index (χ1) is 8.11. The van der Waals surface area contributed by atoms with Gasteiger partial charge in [0.15, 0.2) is 11.5 Å². The fourth-order valence-corrected chi connectivity index (χ4v) is 1.41. The zero-order valence-electron chi connectivity index (χ0n) is 9.36. The maximum Gasteiger partial charge on any atom is 0.360 e. The number of esters is 1. The minimum Gasteiger partial charge on any atom is -0.464 e. The first kappa shape index (κ1) is 11.3. The number of nitrogens with zero attached hydrogens (tertiary/aromatic N) is 1. The van der Waals surface area contributed by atoms with E-state index in [4.69, 9.17) is 4.52 Å². The number of aromatic nitrogens is 1. The molecule has 1 heterocycles. The summed E-state index contributed by atoms with van der Waals surface area (Å²) in [7, 11) is 1.26. The van der Waals surface area contributed by atoms with Crippen molar-refractivity contribution in [3.8, 4) is 11.3 Å². The smallest absolute Gasteiger partial charge is 0.360 e. The molecule has 0 saturated carbocycles. The Morgan fingerprint density at radius 3 is 2.82 bits per heavy atom. The van der Waals surface area contributed by atoms with Gasteiger partial charge >= 0.3 is 5.97 Å². The summed E-state index contributed by atoms with van der Waals surface area (Å²) < 4.78 is 22.6. The van der Waals surface area contributed by atoms with Crippen molar-refractivity contribution in [3.63, 3.8) is 0 Å². The van der Waals surface area contributed by atoms with Crippen LogP contribution in [-0.2, 0) is 4.74 Å². The van der Waals surface area contributed by atoms with Crippen molar-refractivity contribution in [1.82, 2.24) is 5.16 Å². The fourth-order valence-electron chi connectivity index (χ4n) is 1.41. The predicted octanol–water partition coefficient (Wildman–Crippen LogP) is 2.58. The van der Waals surface area contributed by atoms with E-state index in [1.165, 1.54) is 19.2 Å². The summed E-state index contributed by atoms with van der Waals surface area (Å²) >= 11 is 0. The lowest BCUT2D eigenvalue weighted by Gasteiger charge is -1.98. The average Bonchev–Trinajstić information content (AvgIpc) is 2.81. The molecule has 0 bridgehead atoms. The van der Waals surface area contributed by atoms with E-state index >= 15 is 0 Å². The Morgan fingerprint density at radius 1 is 1.41 bits per heavy atom. The van der Waals surface area contributed by atoms with Crippen molar-refractivity contribution in [1.29, 1.82) is 0 Å². The van der Waals surface area contributed by atoms with E-state index in [1.54, 1.807) is 19.1 Å². The van der Waals surface area contributed by atoms with Crippen molar-refractivity contribution < 1.29 is 18.4 Å². The topological polar surface area (TPSA) is 52.3 Å². The van der Waals surface area contributed by atoms with E-state index in [1.807, 2.05) is 0 Å². The Labute approximate surface area is 97.0 Å². The highest BCUT2D eigenvalue weighted by Gasteiger charge is 2.14. The lowest BCUT2D eigenvalue weighted by Crippen LogP contribution is -2.00. The van der Waals surface area contributed by atoms with Crippen LogP contribution in [0, 0.1) is 12.7 Å². The molecule has 0 unspecified atom stereocenters. The molecule has 0 saturated heterocycles. The van der Waals surface area contributed by atoms with Crippen molar-refractivity contribution in [2.75, 3.05) is 7.11 Å². The largest absolute Gasteiger partial charge is 0.464 e. The third-order valence-corrected chi connectivity index (χ3v) is 2.35. The normalized spacial score (nSPS) is 10.3. The van der Waals surface area contributed by atoms with Gasteiger partial charge in [-0.2, -0.15) is 0 Å². The number of carbonyl (C=O) groups is 1. The molecular formula is C12H10FNO3. The summed E-state index contributed by atoms with van der Waals surface area (Å²) in [5, 5.41) is 3.57. The van der Waals surface area contributed by atoms with E-state index in [-0.39, 0.29) is 11.5 Å². The van der Waals surface area contributed by atoms with Crippen molar-refractivity contribution in [3.05, 3.63) is 41.3 Å². The Kier molecular flexibility index (Phi) is 2.91. The zero-order chi connectivity index (χ0) is 12.4. The van der Waals surface area contributed by atoms with Gasteiger partial charge in [0, 0.05) is 11.6 Å². The Morgan fingerprint density at radius 2 is 2.18 bits per heavy atom. The van der Waals surface area contributed by atoms with Crippen LogP contribution in [-0.4, -0.2) is 18.2 Å². The second-order valence-corrected chi connectivity index (χ2v) is 3.53. The minimum atomic E-state index is -0.571. The summed E-state index contributed by atoms with van der Waals surface area (Å²) in [6.07, 6.45) is 0. The number of benzene rings is 1. The first-order valence-electron chi connectivity index (χ1n) is 4.93. The van der Waals surface area contributed by atoms with Gasteiger partial charge in [-0.3, -0.25) is 0 Å². The van der Waals surface area contributed by atoms with Gasteiger partial charge in [-0.15, -0.1) is 0 Å². The number of rotatable bonds is 2. The van der Waals surface area contributed by atoms with Gasteiger partial charge in [-0.25, -0.2) is 9.18 Å². The van der Waals surface area contributed by atoms with Gasteiger partial charge in [0.05, 0.1) is 7.11 Å². The highest BCUT2D eigenvalue weighted by atomic mass is 19.1. The number of methoxy groups -OCH3 is 1. The van der Waals surface area contributed by atoms with Gasteiger partial charge in [0.25, 0.3) is 0 Å². The van der Waals surface area contributed by atoms with Crippen LogP contribution in [0.2, 0.25) is 0 Å². The molecule has 1 aromatic carbocycles. The summed E-state index contributed by atoms with van der Waals surface area (Å²) in [5.41, 5.74) is 1.24. The molecule has 0 aliphatic heterocycles. The second-order valence-electron chi connectivity index (χ2n) is 3.53. The molecule has 17 heavy (non-hydrogen) atoms. The number of carbonyl (C=O) groups excluding carboxylic acids is 1. The van der Waals surface area contributed by atoms with E-state index in [9.17, 15) is 9.18 Å². The van der Waals surface area contributed by atoms with Crippen LogP contribution in [0.3, 0.4) is 0 Å². The molecule has 88 valence electrons. The quantitative estimate of drug-likeness (QED) is 0.750. The maximum atomic E-state index is 13.1. The molecule has 2 aromatic rings. The van der Waals surface area contributed by atoms with E-state index in [0.29, 0.717) is 16.9 Å². The molecule has 0 spiro atoms. The van der Waals surface area contributed by atoms with Crippen LogP contribution in [0.25, 0.3) is 11.3 Å². The Hall–Kier alpha value is -2.17. The number of halogens is 1. The molecule has 0 aliphatic carbocycles. The lowest BCUT2D eigenvalue weighted by molar-refractivity contribution is 0.0589. The maximum absolute atomic E-state index is 13.1. The van der Waals surface area contributed by atoms with E-state index in [2.05, 4.69) is 9.89 Å². The van der Waals surface area contributed by atoms with Crippen molar-refractivity contribution >= 4 is 5.97 Å². The first-order valence-corrected chi connectivity index (χ1v) is 4.93. The second kappa shape index (κ2) is 4.37. The molecule has 0 fully saturated rings. The molecule has 0 aliphatic rings. The molecule has 4 nitrogen and oxygen atoms in total. The summed E-state index contributed by atoms with van der Waals surface area (Å²) in [4.78, 5) is 11.2. The average molecular weight is 235 g/mol. The van der Waals surface area contributed by atoms with Gasteiger partial charge in [0.1, 0.15) is 5.82 Å². The summed E-state index contributed by atoms with van der Waals surface area (Å²) in [6, 6.07) is 5.98. The number of hydrogen-bond acceptors (Lipinski definition) is 4. The van der Waals surface area contributed by atoms with Gasteiger partial charge in [-0.1, -0.05) is 5.16 Å². The Balaban J connectivity index is 2.37. The molecule has 2 rings (SSSR count). The predicted molar refractivity (Wildman–Crippen MR) is 58.0 cm³/mol. The molecule has 0 amide bonds. The van der Waals surface area contributed by atoms with Crippen LogP contribution >= 0.6 is 0 Å². The van der Waals surface area contributed by atoms with Gasteiger partial charge in [-0.05, 0) is 30.7 Å². The highest BCUT2D eigenvalue weighted by Crippen LogP contribution is 2.22. The lowest BCUT2D eigenvalue weighted by atomic mass is 10.1. The van der Waals surface area contributed by atoms with Crippen LogP contribution in [0.4, 0.5) is 4.39 Å². The van der Waals surface area contributed by atoms with Crippen LogP contribution in [0.1, 0.15) is 16.1 Å². The van der Waals surface area contributed by atoms with E-state index < -0.39 is 5.97 Å². The van der Waals surface area contributed by atoms with Crippen molar-refractivity contribution in [2.24, 2.45) is 0 Å². The molecule has 1 aromatic heterocycles. The SMILES string of the molecule is COC(=O)c1cc(-c2ccc(F)c(C)c2)on1. The van der Waals surface area contributed by atoms with Crippen LogP contribution in [0.5, 0.6) is 0 Å². The fraction of sp³-hybridized carbons (Fsp3) is 0.167. The minimum absolute atomic E-state index is 0.0875. The summed E-state index contributed by atoms with van der Waals surface area (Å²) in [5.74, 6) is -0.464. The third kappa shape index (κ3) is 2.18. The summed E-state index contributed by atoms with van der Waals surface area (Å²) in [6.45, 7) is 1.65. The number of aryl methyl sites for hydroxylation is 1. The number of hydrogen-bond donors (Lipinski definition) is 0. The standard InChI is InChI=1S/C12H10FNO3/c1-7-5-8(3-4-9(7)13)11-6-10(14-17-11)12(15)16-2/h3-6H,1-2H3. The highest BCUT2D eigenvalue weighted by molar-refractivity contribution is 5.88. The monoisotopic (exact) mass is 235 g/mol.